The molecule has 0 saturated carbocycles. The van der Waals surface area contributed by atoms with E-state index in [1.54, 1.807) is 0 Å². The van der Waals surface area contributed by atoms with Gasteiger partial charge in [-0.05, 0) is 30.3 Å². The number of phenolic OH excluding ortho intramolecular Hbond substituents is 1. The molecule has 0 spiro atoms. The van der Waals surface area contributed by atoms with Crippen LogP contribution in [0.5, 0.6) is 5.75 Å². The lowest BCUT2D eigenvalue weighted by Gasteiger charge is -2.13. The van der Waals surface area contributed by atoms with Crippen LogP contribution in [0.3, 0.4) is 0 Å². The Morgan fingerprint density at radius 1 is 1.12 bits per heavy atom. The van der Waals surface area contributed by atoms with Gasteiger partial charge in [0.25, 0.3) is 5.91 Å². The SMILES string of the molecule is NC(=O)c1cc(Nc2cc(O)c(Cl)cc2Cl)c2cc(F)ccc2n1. The molecule has 3 rings (SSSR count). The molecule has 1 heterocycles. The van der Waals surface area contributed by atoms with E-state index < -0.39 is 11.7 Å². The molecule has 0 unspecified atom stereocenters. The molecule has 0 atom stereocenters. The summed E-state index contributed by atoms with van der Waals surface area (Å²) in [5, 5.41) is 13.4. The molecule has 1 aromatic heterocycles. The average Bonchev–Trinajstić information content (AvgIpc) is 2.52. The van der Waals surface area contributed by atoms with Crippen LogP contribution in [-0.2, 0) is 0 Å². The van der Waals surface area contributed by atoms with Crippen LogP contribution < -0.4 is 11.1 Å². The number of benzene rings is 2. The summed E-state index contributed by atoms with van der Waals surface area (Å²) in [5.74, 6) is -1.37. The molecule has 24 heavy (non-hydrogen) atoms. The Kier molecular flexibility index (Phi) is 4.17. The largest absolute Gasteiger partial charge is 0.506 e. The second-order valence-corrected chi connectivity index (χ2v) is 5.80. The minimum Gasteiger partial charge on any atom is -0.506 e. The third kappa shape index (κ3) is 3.06. The fourth-order valence-electron chi connectivity index (χ4n) is 2.21. The molecule has 2 aromatic carbocycles. The van der Waals surface area contributed by atoms with Crippen molar-refractivity contribution in [1.82, 2.24) is 4.98 Å². The van der Waals surface area contributed by atoms with Gasteiger partial charge in [-0.15, -0.1) is 0 Å². The van der Waals surface area contributed by atoms with Crippen LogP contribution in [0, 0.1) is 5.82 Å². The maximum absolute atomic E-state index is 13.6. The van der Waals surface area contributed by atoms with Gasteiger partial charge in [-0.3, -0.25) is 4.79 Å². The Labute approximate surface area is 145 Å². The van der Waals surface area contributed by atoms with Gasteiger partial charge in [0, 0.05) is 11.5 Å². The summed E-state index contributed by atoms with van der Waals surface area (Å²) in [7, 11) is 0. The number of primary amides is 1. The third-order valence-electron chi connectivity index (χ3n) is 3.33. The van der Waals surface area contributed by atoms with E-state index in [0.717, 1.165) is 0 Å². The van der Waals surface area contributed by atoms with Gasteiger partial charge in [0.15, 0.2) is 0 Å². The van der Waals surface area contributed by atoms with Crippen LogP contribution >= 0.6 is 23.2 Å². The Hall–Kier alpha value is -2.57. The molecule has 8 heteroatoms. The van der Waals surface area contributed by atoms with Gasteiger partial charge in [0.2, 0.25) is 0 Å². The van der Waals surface area contributed by atoms with Crippen LogP contribution in [-0.4, -0.2) is 16.0 Å². The minimum atomic E-state index is -0.727. The molecule has 0 saturated heterocycles. The summed E-state index contributed by atoms with van der Waals surface area (Å²) < 4.78 is 13.6. The highest BCUT2D eigenvalue weighted by Gasteiger charge is 2.13. The van der Waals surface area contributed by atoms with Crippen molar-refractivity contribution in [2.24, 2.45) is 5.73 Å². The second kappa shape index (κ2) is 6.14. The predicted molar refractivity (Wildman–Crippen MR) is 91.6 cm³/mol. The number of hydrogen-bond acceptors (Lipinski definition) is 4. The number of halogens is 3. The van der Waals surface area contributed by atoms with Crippen LogP contribution in [0.1, 0.15) is 10.5 Å². The fourth-order valence-corrected chi connectivity index (χ4v) is 2.64. The summed E-state index contributed by atoms with van der Waals surface area (Å²) in [6, 6.07) is 7.99. The molecule has 0 aliphatic rings. The first-order valence-electron chi connectivity index (χ1n) is 6.70. The summed E-state index contributed by atoms with van der Waals surface area (Å²) in [5.41, 5.74) is 6.35. The van der Waals surface area contributed by atoms with E-state index in [-0.39, 0.29) is 21.5 Å². The Morgan fingerprint density at radius 2 is 1.88 bits per heavy atom. The van der Waals surface area contributed by atoms with Crippen LogP contribution in [0.25, 0.3) is 10.9 Å². The lowest BCUT2D eigenvalue weighted by molar-refractivity contribution is 0.0996. The van der Waals surface area contributed by atoms with Crippen molar-refractivity contribution in [3.8, 4) is 5.75 Å². The molecule has 5 nitrogen and oxygen atoms in total. The number of nitrogens with zero attached hydrogens (tertiary/aromatic N) is 1. The zero-order valence-corrected chi connectivity index (χ0v) is 13.5. The van der Waals surface area contributed by atoms with Crippen LogP contribution in [0.4, 0.5) is 15.8 Å². The number of nitrogens with two attached hydrogens (primary N) is 1. The highest BCUT2D eigenvalue weighted by atomic mass is 35.5. The molecule has 1 amide bonds. The van der Waals surface area contributed by atoms with Crippen molar-refractivity contribution in [2.75, 3.05) is 5.32 Å². The number of carbonyl (C=O) groups excluding carboxylic acids is 1. The molecule has 122 valence electrons. The van der Waals surface area contributed by atoms with Gasteiger partial charge in [0.05, 0.1) is 26.9 Å². The minimum absolute atomic E-state index is 0.00548. The molecule has 4 N–H and O–H groups in total. The first-order chi connectivity index (χ1) is 11.3. The van der Waals surface area contributed by atoms with E-state index in [0.29, 0.717) is 22.3 Å². The standard InChI is InChI=1S/C16H10Cl2FN3O2/c17-9-4-10(18)15(23)6-13(9)22-12-5-14(16(20)24)21-11-2-1-7(19)3-8(11)12/h1-6,23H,(H2,20,24)(H,21,22). The molecule has 0 radical (unpaired) electrons. The Balaban J connectivity index is 2.19. The number of anilines is 2. The van der Waals surface area contributed by atoms with Gasteiger partial charge >= 0.3 is 0 Å². The van der Waals surface area contributed by atoms with E-state index in [1.165, 1.54) is 36.4 Å². The third-order valence-corrected chi connectivity index (χ3v) is 3.94. The number of rotatable bonds is 3. The number of aromatic nitrogens is 1. The number of aromatic hydroxyl groups is 1. The predicted octanol–water partition coefficient (Wildman–Crippen LogP) is 4.23. The van der Waals surface area contributed by atoms with Gasteiger partial charge in [-0.25, -0.2) is 9.37 Å². The van der Waals surface area contributed by atoms with Gasteiger partial charge < -0.3 is 16.2 Å². The molecule has 0 bridgehead atoms. The van der Waals surface area contributed by atoms with Gasteiger partial charge in [0.1, 0.15) is 17.3 Å². The maximum atomic E-state index is 13.6. The number of pyridine rings is 1. The molecular formula is C16H10Cl2FN3O2. The lowest BCUT2D eigenvalue weighted by Crippen LogP contribution is -2.13. The average molecular weight is 366 g/mol. The molecule has 0 aliphatic carbocycles. The van der Waals surface area contributed by atoms with Crippen molar-refractivity contribution in [1.29, 1.82) is 0 Å². The lowest BCUT2D eigenvalue weighted by atomic mass is 10.1. The van der Waals surface area contributed by atoms with Crippen molar-refractivity contribution >= 4 is 51.4 Å². The Morgan fingerprint density at radius 3 is 2.58 bits per heavy atom. The highest BCUT2D eigenvalue weighted by Crippen LogP contribution is 2.36. The number of fused-ring (bicyclic) bond motifs is 1. The second-order valence-electron chi connectivity index (χ2n) is 4.99. The van der Waals surface area contributed by atoms with Crippen molar-refractivity contribution in [2.45, 2.75) is 0 Å². The van der Waals surface area contributed by atoms with E-state index in [4.69, 9.17) is 28.9 Å². The van der Waals surface area contributed by atoms with E-state index in [1.807, 2.05) is 0 Å². The quantitative estimate of drug-likeness (QED) is 0.647. The summed E-state index contributed by atoms with van der Waals surface area (Å²) >= 11 is 11.9. The number of hydrogen-bond donors (Lipinski definition) is 3. The van der Waals surface area contributed by atoms with E-state index >= 15 is 0 Å². The van der Waals surface area contributed by atoms with Gasteiger partial charge in [-0.1, -0.05) is 23.2 Å². The van der Waals surface area contributed by atoms with Crippen molar-refractivity contribution < 1.29 is 14.3 Å². The topological polar surface area (TPSA) is 88.2 Å². The summed E-state index contributed by atoms with van der Waals surface area (Å²) in [4.78, 5) is 15.5. The monoisotopic (exact) mass is 365 g/mol. The number of carbonyl (C=O) groups is 1. The van der Waals surface area contributed by atoms with Crippen LogP contribution in [0.2, 0.25) is 10.0 Å². The number of phenols is 1. The summed E-state index contributed by atoms with van der Waals surface area (Å²) in [6.07, 6.45) is 0. The highest BCUT2D eigenvalue weighted by molar-refractivity contribution is 6.37. The fraction of sp³-hybridized carbons (Fsp3) is 0. The van der Waals surface area contributed by atoms with Crippen molar-refractivity contribution in [3.63, 3.8) is 0 Å². The maximum Gasteiger partial charge on any atom is 0.267 e. The molecule has 3 aromatic rings. The molecule has 0 aliphatic heterocycles. The number of amides is 1. The first-order valence-corrected chi connectivity index (χ1v) is 7.46. The van der Waals surface area contributed by atoms with E-state index in [9.17, 15) is 14.3 Å². The van der Waals surface area contributed by atoms with Gasteiger partial charge in [-0.2, -0.15) is 0 Å². The first kappa shape index (κ1) is 16.3. The Bertz CT molecular complexity index is 979. The smallest absolute Gasteiger partial charge is 0.267 e. The van der Waals surface area contributed by atoms with Crippen LogP contribution in [0.15, 0.2) is 36.4 Å². The van der Waals surface area contributed by atoms with Crippen molar-refractivity contribution in [3.05, 3.63) is 58.0 Å². The normalized spacial score (nSPS) is 10.8. The molecular weight excluding hydrogens is 356 g/mol. The number of nitrogens with one attached hydrogen (secondary N) is 1. The van der Waals surface area contributed by atoms with E-state index in [2.05, 4.69) is 10.3 Å². The zero-order valence-electron chi connectivity index (χ0n) is 12.0. The summed E-state index contributed by atoms with van der Waals surface area (Å²) in [6.45, 7) is 0. The zero-order chi connectivity index (χ0) is 17.4. The molecule has 0 fully saturated rings.